The molecule has 0 bridgehead atoms. The van der Waals surface area contributed by atoms with Gasteiger partial charge in [-0.1, -0.05) is 24.2 Å². The van der Waals surface area contributed by atoms with Crippen molar-refractivity contribution in [1.29, 1.82) is 0 Å². The number of para-hydroxylation sites is 1. The predicted molar refractivity (Wildman–Crippen MR) is 76.2 cm³/mol. The van der Waals surface area contributed by atoms with Gasteiger partial charge in [0.15, 0.2) is 0 Å². The number of rotatable bonds is 5. The predicted octanol–water partition coefficient (Wildman–Crippen LogP) is 2.61. The summed E-state index contributed by atoms with van der Waals surface area (Å²) >= 11 is 0. The first kappa shape index (κ1) is 13.9. The van der Waals surface area contributed by atoms with Gasteiger partial charge in [0.1, 0.15) is 12.4 Å². The molecule has 1 N–H and O–H groups in total. The number of hydrogen-bond donors (Lipinski definition) is 1. The number of benzene rings is 1. The van der Waals surface area contributed by atoms with Crippen LogP contribution < -0.4 is 4.74 Å². The summed E-state index contributed by atoms with van der Waals surface area (Å²) in [6, 6.07) is 7.59. The lowest BCUT2D eigenvalue weighted by Gasteiger charge is -2.29. The molecule has 1 saturated heterocycles. The van der Waals surface area contributed by atoms with Crippen LogP contribution in [-0.2, 0) is 0 Å². The van der Waals surface area contributed by atoms with Gasteiger partial charge in [0, 0.05) is 12.1 Å². The highest BCUT2D eigenvalue weighted by Crippen LogP contribution is 2.17. The fourth-order valence-electron chi connectivity index (χ4n) is 2.35. The number of hydrogen-bond acceptors (Lipinski definition) is 4. The van der Waals surface area contributed by atoms with Crippen LogP contribution in [0, 0.1) is 5.92 Å². The third-order valence-electron chi connectivity index (χ3n) is 3.66. The molecule has 1 heterocycles. The van der Waals surface area contributed by atoms with Crippen molar-refractivity contribution in [2.45, 2.75) is 19.8 Å². The molecule has 0 aromatic heterocycles. The summed E-state index contributed by atoms with van der Waals surface area (Å²) in [5.74, 6) is 1.63. The van der Waals surface area contributed by atoms with Crippen LogP contribution in [0.4, 0.5) is 0 Å². The highest BCUT2D eigenvalue weighted by molar-refractivity contribution is 5.82. The van der Waals surface area contributed by atoms with Gasteiger partial charge < -0.3 is 9.94 Å². The molecule has 0 radical (unpaired) electrons. The molecule has 0 saturated carbocycles. The van der Waals surface area contributed by atoms with E-state index in [9.17, 15) is 0 Å². The van der Waals surface area contributed by atoms with Crippen molar-refractivity contribution >= 4 is 6.21 Å². The third kappa shape index (κ3) is 4.24. The van der Waals surface area contributed by atoms with Crippen LogP contribution in [0.25, 0.3) is 0 Å². The maximum atomic E-state index is 8.60. The van der Waals surface area contributed by atoms with E-state index in [0.29, 0.717) is 6.61 Å². The highest BCUT2D eigenvalue weighted by Gasteiger charge is 2.15. The standard InChI is InChI=1S/C15H22N2O2/c1-13-6-8-17(9-7-13)10-11-19-15-5-3-2-4-14(15)12-16-18/h2-5,12-13,18H,6-11H2,1H3. The van der Waals surface area contributed by atoms with Crippen LogP contribution in [0.5, 0.6) is 5.75 Å². The first-order valence-corrected chi connectivity index (χ1v) is 6.91. The van der Waals surface area contributed by atoms with Gasteiger partial charge in [0.25, 0.3) is 0 Å². The lowest BCUT2D eigenvalue weighted by Crippen LogP contribution is -2.35. The van der Waals surface area contributed by atoms with E-state index < -0.39 is 0 Å². The Kier molecular flexibility index (Phi) is 5.21. The van der Waals surface area contributed by atoms with Gasteiger partial charge >= 0.3 is 0 Å². The van der Waals surface area contributed by atoms with Gasteiger partial charge in [0.05, 0.1) is 6.21 Å². The van der Waals surface area contributed by atoms with Crippen molar-refractivity contribution in [2.75, 3.05) is 26.2 Å². The SMILES string of the molecule is CC1CCN(CCOc2ccccc2C=NO)CC1. The van der Waals surface area contributed by atoms with Crippen molar-refractivity contribution in [1.82, 2.24) is 4.90 Å². The van der Waals surface area contributed by atoms with Crippen molar-refractivity contribution in [3.63, 3.8) is 0 Å². The Bertz CT molecular complexity index is 412. The zero-order chi connectivity index (χ0) is 13.5. The Balaban J connectivity index is 1.79. The zero-order valence-corrected chi connectivity index (χ0v) is 11.5. The summed E-state index contributed by atoms with van der Waals surface area (Å²) in [4.78, 5) is 2.45. The lowest BCUT2D eigenvalue weighted by atomic mass is 9.99. The van der Waals surface area contributed by atoms with Crippen molar-refractivity contribution in [2.24, 2.45) is 11.1 Å². The fourth-order valence-corrected chi connectivity index (χ4v) is 2.35. The molecule has 4 heteroatoms. The van der Waals surface area contributed by atoms with Gasteiger partial charge in [-0.3, -0.25) is 4.90 Å². The molecular formula is C15H22N2O2. The van der Waals surface area contributed by atoms with Crippen LogP contribution in [0.15, 0.2) is 29.4 Å². The molecule has 2 rings (SSSR count). The van der Waals surface area contributed by atoms with E-state index in [2.05, 4.69) is 17.0 Å². The van der Waals surface area contributed by atoms with Gasteiger partial charge in [-0.2, -0.15) is 0 Å². The average Bonchev–Trinajstić information content (AvgIpc) is 2.43. The van der Waals surface area contributed by atoms with Crippen LogP contribution in [0.1, 0.15) is 25.3 Å². The molecule has 1 aromatic rings. The first-order valence-electron chi connectivity index (χ1n) is 6.91. The minimum absolute atomic E-state index is 0.671. The Labute approximate surface area is 114 Å². The molecule has 0 unspecified atom stereocenters. The topological polar surface area (TPSA) is 45.1 Å². The summed E-state index contributed by atoms with van der Waals surface area (Å²) in [6.45, 7) is 6.29. The van der Waals surface area contributed by atoms with Gasteiger partial charge in [-0.25, -0.2) is 0 Å². The molecular weight excluding hydrogens is 240 g/mol. The maximum absolute atomic E-state index is 8.60. The van der Waals surface area contributed by atoms with E-state index >= 15 is 0 Å². The van der Waals surface area contributed by atoms with E-state index in [0.717, 1.165) is 23.8 Å². The largest absolute Gasteiger partial charge is 0.492 e. The molecule has 1 aliphatic heterocycles. The Morgan fingerprint density at radius 1 is 1.37 bits per heavy atom. The van der Waals surface area contributed by atoms with Gasteiger partial charge in [0.2, 0.25) is 0 Å². The van der Waals surface area contributed by atoms with E-state index in [1.807, 2.05) is 24.3 Å². The average molecular weight is 262 g/mol. The summed E-state index contributed by atoms with van der Waals surface area (Å²) in [5.41, 5.74) is 0.803. The normalized spacial score (nSPS) is 17.9. The number of oxime groups is 1. The molecule has 1 fully saturated rings. The van der Waals surface area contributed by atoms with Crippen LogP contribution in [-0.4, -0.2) is 42.6 Å². The van der Waals surface area contributed by atoms with Crippen molar-refractivity contribution in [3.8, 4) is 5.75 Å². The molecule has 104 valence electrons. The second kappa shape index (κ2) is 7.14. The highest BCUT2D eigenvalue weighted by atomic mass is 16.5. The quantitative estimate of drug-likeness (QED) is 0.504. The second-order valence-corrected chi connectivity index (χ2v) is 5.16. The van der Waals surface area contributed by atoms with Crippen LogP contribution >= 0.6 is 0 Å². The molecule has 1 aliphatic rings. The molecule has 0 atom stereocenters. The van der Waals surface area contributed by atoms with E-state index in [1.54, 1.807) is 0 Å². The minimum Gasteiger partial charge on any atom is -0.492 e. The first-order chi connectivity index (χ1) is 9.29. The minimum atomic E-state index is 0.671. The summed E-state index contributed by atoms with van der Waals surface area (Å²) in [5, 5.41) is 11.7. The molecule has 19 heavy (non-hydrogen) atoms. The zero-order valence-electron chi connectivity index (χ0n) is 11.5. The third-order valence-corrected chi connectivity index (χ3v) is 3.66. The summed E-state index contributed by atoms with van der Waals surface area (Å²) in [7, 11) is 0. The number of likely N-dealkylation sites (tertiary alicyclic amines) is 1. The second-order valence-electron chi connectivity index (χ2n) is 5.16. The Hall–Kier alpha value is -1.55. The molecule has 4 nitrogen and oxygen atoms in total. The Morgan fingerprint density at radius 2 is 2.11 bits per heavy atom. The molecule has 0 spiro atoms. The van der Waals surface area contributed by atoms with E-state index in [4.69, 9.17) is 9.94 Å². The van der Waals surface area contributed by atoms with Crippen LogP contribution in [0.2, 0.25) is 0 Å². The summed E-state index contributed by atoms with van der Waals surface area (Å²) < 4.78 is 5.78. The number of nitrogens with zero attached hydrogens (tertiary/aromatic N) is 2. The monoisotopic (exact) mass is 262 g/mol. The van der Waals surface area contributed by atoms with Crippen molar-refractivity contribution in [3.05, 3.63) is 29.8 Å². The molecule has 0 aliphatic carbocycles. The smallest absolute Gasteiger partial charge is 0.128 e. The fraction of sp³-hybridized carbons (Fsp3) is 0.533. The van der Waals surface area contributed by atoms with Crippen LogP contribution in [0.3, 0.4) is 0 Å². The maximum Gasteiger partial charge on any atom is 0.128 e. The molecule has 1 aromatic carbocycles. The summed E-state index contributed by atoms with van der Waals surface area (Å²) in [6.07, 6.45) is 3.97. The van der Waals surface area contributed by atoms with E-state index in [1.165, 1.54) is 32.1 Å². The van der Waals surface area contributed by atoms with Crippen molar-refractivity contribution < 1.29 is 9.94 Å². The number of piperidine rings is 1. The van der Waals surface area contributed by atoms with Gasteiger partial charge in [-0.15, -0.1) is 0 Å². The molecule has 0 amide bonds. The van der Waals surface area contributed by atoms with E-state index in [-0.39, 0.29) is 0 Å². The lowest BCUT2D eigenvalue weighted by molar-refractivity contribution is 0.160. The Morgan fingerprint density at radius 3 is 2.84 bits per heavy atom. The van der Waals surface area contributed by atoms with Gasteiger partial charge in [-0.05, 0) is 44.0 Å². The number of ether oxygens (including phenoxy) is 1.